The fourth-order valence-corrected chi connectivity index (χ4v) is 4.37. The Kier molecular flexibility index (Phi) is 4.62. The second-order valence-corrected chi connectivity index (χ2v) is 7.91. The van der Waals surface area contributed by atoms with Crippen molar-refractivity contribution in [3.05, 3.63) is 59.4 Å². The number of amides is 1. The standard InChI is InChI=1S/C18H19FN2O3S/c1-12-9-13(2)11-14(10-12)21-8-7-16(18(21)22)20-25(23,24)17-6-4-3-5-15(17)19/h3-6,9-11,16,20H,7-8H2,1-2H3/t16-/m0/s1. The SMILES string of the molecule is Cc1cc(C)cc(N2CC[C@H](NS(=O)(=O)c3ccccc3F)C2=O)c1. The van der Waals surface area contributed by atoms with Crippen molar-refractivity contribution in [1.29, 1.82) is 0 Å². The second kappa shape index (κ2) is 6.57. The molecule has 132 valence electrons. The van der Waals surface area contributed by atoms with Crippen molar-refractivity contribution in [2.75, 3.05) is 11.4 Å². The molecule has 25 heavy (non-hydrogen) atoms. The van der Waals surface area contributed by atoms with E-state index in [1.165, 1.54) is 18.2 Å². The lowest BCUT2D eigenvalue weighted by Gasteiger charge is -2.18. The number of aryl methyl sites for hydroxylation is 2. The van der Waals surface area contributed by atoms with Gasteiger partial charge in [0.2, 0.25) is 15.9 Å². The molecule has 0 saturated carbocycles. The molecule has 3 rings (SSSR count). The van der Waals surface area contributed by atoms with Crippen LogP contribution in [0.25, 0.3) is 0 Å². The zero-order valence-corrected chi connectivity index (χ0v) is 14.8. The molecule has 0 aromatic heterocycles. The first-order valence-corrected chi connectivity index (χ1v) is 9.43. The highest BCUT2D eigenvalue weighted by Crippen LogP contribution is 2.25. The number of nitrogens with one attached hydrogen (secondary N) is 1. The number of rotatable bonds is 4. The number of benzene rings is 2. The van der Waals surface area contributed by atoms with Crippen LogP contribution in [0.4, 0.5) is 10.1 Å². The van der Waals surface area contributed by atoms with E-state index in [9.17, 15) is 17.6 Å². The van der Waals surface area contributed by atoms with E-state index in [4.69, 9.17) is 0 Å². The minimum absolute atomic E-state index is 0.329. The normalized spacial score (nSPS) is 18.0. The smallest absolute Gasteiger partial charge is 0.245 e. The molecular weight excluding hydrogens is 343 g/mol. The molecule has 5 nitrogen and oxygen atoms in total. The van der Waals surface area contributed by atoms with Crippen molar-refractivity contribution in [3.63, 3.8) is 0 Å². The highest BCUT2D eigenvalue weighted by molar-refractivity contribution is 7.89. The second-order valence-electron chi connectivity index (χ2n) is 6.23. The molecule has 0 unspecified atom stereocenters. The molecule has 1 saturated heterocycles. The van der Waals surface area contributed by atoms with Gasteiger partial charge in [-0.2, -0.15) is 4.72 Å². The van der Waals surface area contributed by atoms with E-state index < -0.39 is 26.8 Å². The molecule has 1 amide bonds. The molecule has 0 bridgehead atoms. The number of carbonyl (C=O) groups is 1. The molecule has 0 radical (unpaired) electrons. The lowest BCUT2D eigenvalue weighted by Crippen LogP contribution is -2.41. The van der Waals surface area contributed by atoms with E-state index in [0.29, 0.717) is 13.0 Å². The molecule has 1 aliphatic rings. The molecule has 0 spiro atoms. The van der Waals surface area contributed by atoms with Crippen LogP contribution in [0.5, 0.6) is 0 Å². The van der Waals surface area contributed by atoms with Crippen LogP contribution < -0.4 is 9.62 Å². The van der Waals surface area contributed by atoms with E-state index in [0.717, 1.165) is 22.9 Å². The average Bonchev–Trinajstić information content (AvgIpc) is 2.87. The molecule has 1 aliphatic heterocycles. The van der Waals surface area contributed by atoms with Crippen molar-refractivity contribution >= 4 is 21.6 Å². The van der Waals surface area contributed by atoms with Gasteiger partial charge in [0.1, 0.15) is 16.8 Å². The van der Waals surface area contributed by atoms with Crippen molar-refractivity contribution in [3.8, 4) is 0 Å². The van der Waals surface area contributed by atoms with Gasteiger partial charge in [0.25, 0.3) is 0 Å². The molecule has 0 aliphatic carbocycles. The summed E-state index contributed by atoms with van der Waals surface area (Å²) in [5.74, 6) is -1.17. The molecule has 7 heteroatoms. The Labute approximate surface area is 146 Å². The van der Waals surface area contributed by atoms with Gasteiger partial charge in [-0.15, -0.1) is 0 Å². The summed E-state index contributed by atoms with van der Waals surface area (Å²) >= 11 is 0. The lowest BCUT2D eigenvalue weighted by molar-refractivity contribution is -0.118. The van der Waals surface area contributed by atoms with E-state index in [-0.39, 0.29) is 5.91 Å². The fourth-order valence-electron chi connectivity index (χ4n) is 3.07. The van der Waals surface area contributed by atoms with E-state index in [1.807, 2.05) is 32.0 Å². The third-order valence-electron chi connectivity index (χ3n) is 4.15. The van der Waals surface area contributed by atoms with Gasteiger partial charge < -0.3 is 4.90 Å². The third kappa shape index (κ3) is 3.57. The largest absolute Gasteiger partial charge is 0.311 e. The summed E-state index contributed by atoms with van der Waals surface area (Å²) in [6.45, 7) is 4.29. The zero-order valence-electron chi connectivity index (χ0n) is 14.0. The Bertz CT molecular complexity index is 907. The summed E-state index contributed by atoms with van der Waals surface area (Å²) in [6.07, 6.45) is 0.333. The van der Waals surface area contributed by atoms with Gasteiger partial charge in [0.05, 0.1) is 0 Å². The number of anilines is 1. The Hall–Kier alpha value is -2.25. The minimum Gasteiger partial charge on any atom is -0.311 e. The van der Waals surface area contributed by atoms with Crippen molar-refractivity contribution in [2.45, 2.75) is 31.2 Å². The molecule has 2 aromatic carbocycles. The molecule has 1 atom stereocenters. The summed E-state index contributed by atoms with van der Waals surface area (Å²) in [5.41, 5.74) is 2.80. The number of sulfonamides is 1. The molecule has 2 aromatic rings. The highest BCUT2D eigenvalue weighted by atomic mass is 32.2. The third-order valence-corrected chi connectivity index (χ3v) is 5.65. The minimum atomic E-state index is -4.10. The van der Waals surface area contributed by atoms with Gasteiger partial charge in [-0.05, 0) is 55.7 Å². The van der Waals surface area contributed by atoms with Gasteiger partial charge >= 0.3 is 0 Å². The summed E-state index contributed by atoms with van der Waals surface area (Å²) < 4.78 is 40.9. The maximum absolute atomic E-state index is 13.8. The van der Waals surface area contributed by atoms with Crippen molar-refractivity contribution in [1.82, 2.24) is 4.72 Å². The maximum atomic E-state index is 13.8. The van der Waals surface area contributed by atoms with Gasteiger partial charge in [0, 0.05) is 12.2 Å². The summed E-state index contributed by atoms with van der Waals surface area (Å²) in [4.78, 5) is 13.7. The van der Waals surface area contributed by atoms with Crippen LogP contribution in [0.15, 0.2) is 47.4 Å². The van der Waals surface area contributed by atoms with E-state index in [1.54, 1.807) is 4.90 Å². The molecule has 1 N–H and O–H groups in total. The van der Waals surface area contributed by atoms with Crippen molar-refractivity contribution in [2.24, 2.45) is 0 Å². The number of halogens is 1. The van der Waals surface area contributed by atoms with Crippen LogP contribution >= 0.6 is 0 Å². The topological polar surface area (TPSA) is 66.5 Å². The van der Waals surface area contributed by atoms with E-state index in [2.05, 4.69) is 4.72 Å². The Morgan fingerprint density at radius 3 is 2.40 bits per heavy atom. The zero-order chi connectivity index (χ0) is 18.2. The molecule has 1 heterocycles. The first-order valence-electron chi connectivity index (χ1n) is 7.94. The van der Waals surface area contributed by atoms with Crippen LogP contribution in [-0.4, -0.2) is 26.9 Å². The Morgan fingerprint density at radius 2 is 1.76 bits per heavy atom. The fraction of sp³-hybridized carbons (Fsp3) is 0.278. The number of nitrogens with zero attached hydrogens (tertiary/aromatic N) is 1. The number of hydrogen-bond donors (Lipinski definition) is 1. The van der Waals surface area contributed by atoms with Crippen LogP contribution in [0.1, 0.15) is 17.5 Å². The summed E-state index contributed by atoms with van der Waals surface area (Å²) in [6, 6.07) is 9.99. The first-order chi connectivity index (χ1) is 11.8. The van der Waals surface area contributed by atoms with Gasteiger partial charge in [0.15, 0.2) is 0 Å². The molecule has 1 fully saturated rings. The lowest BCUT2D eigenvalue weighted by atomic mass is 10.1. The van der Waals surface area contributed by atoms with Gasteiger partial charge in [-0.3, -0.25) is 4.79 Å². The van der Waals surface area contributed by atoms with Crippen LogP contribution in [0.3, 0.4) is 0 Å². The molecular formula is C18H19FN2O3S. The van der Waals surface area contributed by atoms with Crippen molar-refractivity contribution < 1.29 is 17.6 Å². The average molecular weight is 362 g/mol. The maximum Gasteiger partial charge on any atom is 0.245 e. The number of carbonyl (C=O) groups excluding carboxylic acids is 1. The van der Waals surface area contributed by atoms with Crippen LogP contribution in [-0.2, 0) is 14.8 Å². The summed E-state index contributed by atoms with van der Waals surface area (Å²) in [7, 11) is -4.10. The van der Waals surface area contributed by atoms with Crippen LogP contribution in [0, 0.1) is 19.7 Å². The quantitative estimate of drug-likeness (QED) is 0.909. The van der Waals surface area contributed by atoms with Gasteiger partial charge in [-0.1, -0.05) is 18.2 Å². The Balaban J connectivity index is 1.82. The predicted octanol–water partition coefficient (Wildman–Crippen LogP) is 2.53. The van der Waals surface area contributed by atoms with Crippen LogP contribution in [0.2, 0.25) is 0 Å². The van der Waals surface area contributed by atoms with Gasteiger partial charge in [-0.25, -0.2) is 12.8 Å². The monoisotopic (exact) mass is 362 g/mol. The predicted molar refractivity (Wildman–Crippen MR) is 93.4 cm³/mol. The highest BCUT2D eigenvalue weighted by Gasteiger charge is 2.36. The first kappa shape index (κ1) is 17.6. The van der Waals surface area contributed by atoms with E-state index >= 15 is 0 Å². The summed E-state index contributed by atoms with van der Waals surface area (Å²) in [5, 5.41) is 0. The Morgan fingerprint density at radius 1 is 1.12 bits per heavy atom. The number of hydrogen-bond acceptors (Lipinski definition) is 3.